The van der Waals surface area contributed by atoms with E-state index in [1.807, 2.05) is 37.3 Å². The first-order valence-corrected chi connectivity index (χ1v) is 8.02. The highest BCUT2D eigenvalue weighted by Gasteiger charge is 2.09. The molecule has 0 aliphatic carbocycles. The second-order valence-electron chi connectivity index (χ2n) is 4.73. The largest absolute Gasteiger partial charge is 0.326 e. The number of rotatable bonds is 4. The van der Waals surface area contributed by atoms with Crippen LogP contribution in [0.3, 0.4) is 0 Å². The molecule has 0 spiro atoms. The lowest BCUT2D eigenvalue weighted by Crippen LogP contribution is -2.20. The predicted octanol–water partition coefficient (Wildman–Crippen LogP) is 3.81. The van der Waals surface area contributed by atoms with E-state index in [0.717, 1.165) is 22.7 Å². The van der Waals surface area contributed by atoms with Crippen LogP contribution in [0.4, 0.5) is 16.4 Å². The summed E-state index contributed by atoms with van der Waals surface area (Å²) in [7, 11) is 0. The van der Waals surface area contributed by atoms with Crippen molar-refractivity contribution < 1.29 is 4.79 Å². The van der Waals surface area contributed by atoms with Gasteiger partial charge in [0.15, 0.2) is 0 Å². The van der Waals surface area contributed by atoms with Crippen molar-refractivity contribution in [3.8, 4) is 10.7 Å². The number of thiazole rings is 1. The fourth-order valence-corrected chi connectivity index (χ4v) is 2.69. The van der Waals surface area contributed by atoms with Gasteiger partial charge in [-0.3, -0.25) is 15.6 Å². The van der Waals surface area contributed by atoms with Crippen molar-refractivity contribution in [2.75, 3.05) is 10.6 Å². The Labute approximate surface area is 137 Å². The van der Waals surface area contributed by atoms with E-state index in [1.54, 1.807) is 17.8 Å². The van der Waals surface area contributed by atoms with Gasteiger partial charge < -0.3 is 0 Å². The number of nitrogens with zero attached hydrogens (tertiary/aromatic N) is 3. The second-order valence-corrected chi connectivity index (χ2v) is 5.59. The van der Waals surface area contributed by atoms with E-state index in [9.17, 15) is 4.79 Å². The van der Waals surface area contributed by atoms with Crippen molar-refractivity contribution in [3.05, 3.63) is 53.7 Å². The molecule has 0 saturated heterocycles. The van der Waals surface area contributed by atoms with Gasteiger partial charge in [-0.25, -0.2) is 14.8 Å². The molecule has 2 amide bonds. The molecule has 0 aromatic carbocycles. The van der Waals surface area contributed by atoms with Gasteiger partial charge in [-0.15, -0.1) is 11.3 Å². The van der Waals surface area contributed by atoms with Crippen LogP contribution < -0.4 is 10.6 Å². The second kappa shape index (κ2) is 6.97. The van der Waals surface area contributed by atoms with Crippen LogP contribution in [0.1, 0.15) is 12.5 Å². The molecule has 3 heterocycles. The Morgan fingerprint density at radius 2 is 2.00 bits per heavy atom. The fraction of sp³-hybridized carbons (Fsp3) is 0.125. The van der Waals surface area contributed by atoms with Crippen molar-refractivity contribution in [2.24, 2.45) is 0 Å². The Morgan fingerprint density at radius 1 is 1.13 bits per heavy atom. The molecule has 2 N–H and O–H groups in total. The third-order valence-corrected chi connectivity index (χ3v) is 3.97. The van der Waals surface area contributed by atoms with Crippen LogP contribution in [0.5, 0.6) is 0 Å². The van der Waals surface area contributed by atoms with E-state index >= 15 is 0 Å². The van der Waals surface area contributed by atoms with Gasteiger partial charge in [0.2, 0.25) is 0 Å². The molecule has 0 aliphatic rings. The van der Waals surface area contributed by atoms with Gasteiger partial charge in [-0.2, -0.15) is 0 Å². The summed E-state index contributed by atoms with van der Waals surface area (Å²) in [5.74, 6) is 1.00. The van der Waals surface area contributed by atoms with Gasteiger partial charge in [0.05, 0.1) is 5.69 Å². The number of urea groups is 1. The van der Waals surface area contributed by atoms with Crippen molar-refractivity contribution >= 4 is 29.0 Å². The van der Waals surface area contributed by atoms with Crippen LogP contribution in [-0.2, 0) is 6.42 Å². The zero-order valence-electron chi connectivity index (χ0n) is 12.5. The Hall–Kier alpha value is -2.80. The maximum absolute atomic E-state index is 12.0. The molecule has 23 heavy (non-hydrogen) atoms. The molecule has 0 bridgehead atoms. The lowest BCUT2D eigenvalue weighted by atomic mass is 10.2. The average Bonchev–Trinajstić information content (AvgIpc) is 3.04. The van der Waals surface area contributed by atoms with E-state index in [1.165, 1.54) is 11.3 Å². The molecular weight excluding hydrogens is 310 g/mol. The van der Waals surface area contributed by atoms with Crippen molar-refractivity contribution in [1.82, 2.24) is 15.0 Å². The molecule has 7 heteroatoms. The monoisotopic (exact) mass is 325 g/mol. The molecule has 0 saturated carbocycles. The van der Waals surface area contributed by atoms with Gasteiger partial charge in [0, 0.05) is 17.8 Å². The molecule has 0 fully saturated rings. The Balaban J connectivity index is 1.65. The topological polar surface area (TPSA) is 79.8 Å². The highest BCUT2D eigenvalue weighted by Crippen LogP contribution is 2.23. The Bertz CT molecular complexity index is 803. The first-order chi connectivity index (χ1) is 11.2. The average molecular weight is 325 g/mol. The molecule has 6 nitrogen and oxygen atoms in total. The Kier molecular flexibility index (Phi) is 4.58. The van der Waals surface area contributed by atoms with Crippen LogP contribution in [0.15, 0.2) is 48.1 Å². The maximum Gasteiger partial charge on any atom is 0.326 e. The summed E-state index contributed by atoms with van der Waals surface area (Å²) < 4.78 is 0. The molecule has 3 aromatic rings. The van der Waals surface area contributed by atoms with Crippen LogP contribution in [-0.4, -0.2) is 21.0 Å². The summed E-state index contributed by atoms with van der Waals surface area (Å²) in [5.41, 5.74) is 1.89. The number of aromatic nitrogens is 3. The summed E-state index contributed by atoms with van der Waals surface area (Å²) in [5, 5.41) is 7.94. The maximum atomic E-state index is 12.0. The predicted molar refractivity (Wildman–Crippen MR) is 91.6 cm³/mol. The lowest BCUT2D eigenvalue weighted by Gasteiger charge is -2.05. The summed E-state index contributed by atoms with van der Waals surface area (Å²) in [4.78, 5) is 24.7. The number of amides is 2. The van der Waals surface area contributed by atoms with Gasteiger partial charge in [0.25, 0.3) is 0 Å². The SMILES string of the molecule is CCc1ccnc(NC(=O)Nc2csc(-c3ccccn3)n2)c1. The van der Waals surface area contributed by atoms with Crippen molar-refractivity contribution in [1.29, 1.82) is 0 Å². The highest BCUT2D eigenvalue weighted by molar-refractivity contribution is 7.13. The molecule has 116 valence electrons. The van der Waals surface area contributed by atoms with Crippen molar-refractivity contribution in [2.45, 2.75) is 13.3 Å². The third-order valence-electron chi connectivity index (χ3n) is 3.10. The third kappa shape index (κ3) is 3.89. The lowest BCUT2D eigenvalue weighted by molar-refractivity contribution is 0.262. The number of carbonyl (C=O) groups excluding carboxylic acids is 1. The molecule has 0 radical (unpaired) electrons. The van der Waals surface area contributed by atoms with Crippen LogP contribution in [0.25, 0.3) is 10.7 Å². The van der Waals surface area contributed by atoms with Crippen molar-refractivity contribution in [3.63, 3.8) is 0 Å². The van der Waals surface area contributed by atoms with Gasteiger partial charge >= 0.3 is 6.03 Å². The number of pyridine rings is 2. The standard InChI is InChI=1S/C16H15N5OS/c1-2-11-6-8-18-13(9-11)20-16(22)21-14-10-23-15(19-14)12-5-3-4-7-17-12/h3-10H,2H2,1H3,(H2,18,20,21,22). The number of carbonyl (C=O) groups is 1. The first-order valence-electron chi connectivity index (χ1n) is 7.14. The minimum absolute atomic E-state index is 0.372. The molecule has 0 aliphatic heterocycles. The summed E-state index contributed by atoms with van der Waals surface area (Å²) >= 11 is 1.43. The van der Waals surface area contributed by atoms with Gasteiger partial charge in [0.1, 0.15) is 16.6 Å². The molecular formula is C16H15N5OS. The zero-order chi connectivity index (χ0) is 16.1. The van der Waals surface area contributed by atoms with Crippen LogP contribution in [0.2, 0.25) is 0 Å². The minimum atomic E-state index is -0.372. The highest BCUT2D eigenvalue weighted by atomic mass is 32.1. The van der Waals surface area contributed by atoms with E-state index in [4.69, 9.17) is 0 Å². The molecule has 0 unspecified atom stereocenters. The molecule has 0 atom stereocenters. The van der Waals surface area contributed by atoms with E-state index in [0.29, 0.717) is 11.6 Å². The fourth-order valence-electron chi connectivity index (χ4n) is 1.96. The first kappa shape index (κ1) is 15.1. The van der Waals surface area contributed by atoms with Crippen LogP contribution >= 0.6 is 11.3 Å². The quantitative estimate of drug-likeness (QED) is 0.764. The molecule has 3 aromatic heterocycles. The number of aryl methyl sites for hydroxylation is 1. The normalized spacial score (nSPS) is 10.3. The van der Waals surface area contributed by atoms with Gasteiger partial charge in [-0.1, -0.05) is 13.0 Å². The number of hydrogen-bond donors (Lipinski definition) is 2. The minimum Gasteiger partial charge on any atom is -0.292 e. The molecule has 3 rings (SSSR count). The van der Waals surface area contributed by atoms with Crippen LogP contribution in [0, 0.1) is 0 Å². The number of anilines is 2. The summed E-state index contributed by atoms with van der Waals surface area (Å²) in [6, 6.07) is 9.02. The number of hydrogen-bond acceptors (Lipinski definition) is 5. The number of nitrogens with one attached hydrogen (secondary N) is 2. The smallest absolute Gasteiger partial charge is 0.292 e. The summed E-state index contributed by atoms with van der Waals surface area (Å²) in [6.07, 6.45) is 4.28. The zero-order valence-corrected chi connectivity index (χ0v) is 13.3. The summed E-state index contributed by atoms with van der Waals surface area (Å²) in [6.45, 7) is 2.05. The van der Waals surface area contributed by atoms with E-state index in [-0.39, 0.29) is 6.03 Å². The van der Waals surface area contributed by atoms with E-state index < -0.39 is 0 Å². The van der Waals surface area contributed by atoms with E-state index in [2.05, 4.69) is 25.6 Å². The Morgan fingerprint density at radius 3 is 2.78 bits per heavy atom. The van der Waals surface area contributed by atoms with Gasteiger partial charge in [-0.05, 0) is 36.2 Å².